The number of nitrogens with zero attached hydrogens (tertiary/aromatic N) is 1. The monoisotopic (exact) mass is 273 g/mol. The number of hydrogen-bond donors (Lipinski definition) is 2. The summed E-state index contributed by atoms with van der Waals surface area (Å²) in [4.78, 5) is 24.7. The van der Waals surface area contributed by atoms with Crippen molar-refractivity contribution in [1.29, 1.82) is 0 Å². The van der Waals surface area contributed by atoms with Gasteiger partial charge in [-0.05, 0) is 19.4 Å². The molecule has 2 amide bonds. The van der Waals surface area contributed by atoms with Crippen molar-refractivity contribution in [1.82, 2.24) is 10.2 Å². The van der Waals surface area contributed by atoms with Crippen LogP contribution < -0.4 is 11.1 Å². The van der Waals surface area contributed by atoms with Crippen molar-refractivity contribution in [2.24, 2.45) is 5.73 Å². The lowest BCUT2D eigenvalue weighted by atomic mass is 10.1. The lowest BCUT2D eigenvalue weighted by Gasteiger charge is -2.16. The van der Waals surface area contributed by atoms with E-state index in [4.69, 9.17) is 10.5 Å². The fraction of sp³-hybridized carbons (Fsp3) is 0.846. The van der Waals surface area contributed by atoms with Crippen LogP contribution in [0.2, 0.25) is 0 Å². The molecule has 0 aromatic carbocycles. The number of nitrogens with two attached hydrogens (primary N) is 1. The maximum Gasteiger partial charge on any atom is 0.239 e. The molecule has 0 spiro atoms. The van der Waals surface area contributed by atoms with E-state index >= 15 is 0 Å². The van der Waals surface area contributed by atoms with E-state index in [-0.39, 0.29) is 18.4 Å². The number of methoxy groups -OCH3 is 1. The zero-order valence-electron chi connectivity index (χ0n) is 12.1. The maximum absolute atomic E-state index is 11.7. The van der Waals surface area contributed by atoms with E-state index in [0.717, 1.165) is 25.7 Å². The lowest BCUT2D eigenvalue weighted by Crippen LogP contribution is -2.39. The summed E-state index contributed by atoms with van der Waals surface area (Å²) in [5, 5.41) is 2.68. The number of nitrogens with one attached hydrogen (secondary N) is 1. The Balaban J connectivity index is 3.65. The van der Waals surface area contributed by atoms with Crippen LogP contribution in [0.5, 0.6) is 0 Å². The van der Waals surface area contributed by atoms with E-state index in [1.165, 1.54) is 4.90 Å². The highest BCUT2D eigenvalue weighted by atomic mass is 16.5. The molecule has 0 atom stereocenters. The van der Waals surface area contributed by atoms with E-state index in [2.05, 4.69) is 5.32 Å². The van der Waals surface area contributed by atoms with Crippen LogP contribution in [-0.4, -0.2) is 57.1 Å². The summed E-state index contributed by atoms with van der Waals surface area (Å²) < 4.78 is 4.83. The summed E-state index contributed by atoms with van der Waals surface area (Å²) in [6.45, 7) is 1.75. The molecular formula is C13H27N3O3. The predicted molar refractivity (Wildman–Crippen MR) is 74.7 cm³/mol. The Labute approximate surface area is 115 Å². The van der Waals surface area contributed by atoms with Crippen LogP contribution in [0, 0.1) is 0 Å². The number of likely N-dealkylation sites (N-methyl/N-ethyl adjacent to an activating group) is 1. The Morgan fingerprint density at radius 1 is 1.21 bits per heavy atom. The molecular weight excluding hydrogens is 246 g/mol. The molecule has 0 heterocycles. The van der Waals surface area contributed by atoms with Crippen LogP contribution in [-0.2, 0) is 14.3 Å². The molecule has 0 rings (SSSR count). The first-order valence-electron chi connectivity index (χ1n) is 6.81. The van der Waals surface area contributed by atoms with Gasteiger partial charge in [-0.2, -0.15) is 0 Å². The average Bonchev–Trinajstić information content (AvgIpc) is 2.38. The first kappa shape index (κ1) is 17.9. The predicted octanol–water partition coefficient (Wildman–Crippen LogP) is 0.117. The quantitative estimate of drug-likeness (QED) is 0.524. The molecule has 19 heavy (non-hydrogen) atoms. The second kappa shape index (κ2) is 11.9. The second-order valence-corrected chi connectivity index (χ2v) is 4.55. The minimum absolute atomic E-state index is 0.00893. The Bertz CT molecular complexity index is 260. The van der Waals surface area contributed by atoms with E-state index in [1.54, 1.807) is 14.2 Å². The number of unbranched alkanes of at least 4 members (excludes halogenated alkanes) is 3. The van der Waals surface area contributed by atoms with Crippen molar-refractivity contribution < 1.29 is 14.3 Å². The van der Waals surface area contributed by atoms with Gasteiger partial charge in [-0.15, -0.1) is 0 Å². The highest BCUT2D eigenvalue weighted by Gasteiger charge is 2.11. The van der Waals surface area contributed by atoms with Crippen LogP contribution in [0.3, 0.4) is 0 Å². The van der Waals surface area contributed by atoms with Gasteiger partial charge in [0.2, 0.25) is 11.8 Å². The maximum atomic E-state index is 11.7. The van der Waals surface area contributed by atoms with E-state index in [1.807, 2.05) is 0 Å². The summed E-state index contributed by atoms with van der Waals surface area (Å²) in [6, 6.07) is 0. The smallest absolute Gasteiger partial charge is 0.239 e. The van der Waals surface area contributed by atoms with Crippen LogP contribution in [0.4, 0.5) is 0 Å². The number of hydrogen-bond acceptors (Lipinski definition) is 4. The molecule has 0 saturated carbocycles. The molecule has 6 heteroatoms. The minimum atomic E-state index is -0.156. The van der Waals surface area contributed by atoms with E-state index in [0.29, 0.717) is 26.1 Å². The molecule has 0 aliphatic rings. The topological polar surface area (TPSA) is 84.7 Å². The van der Waals surface area contributed by atoms with Gasteiger partial charge in [0.1, 0.15) is 0 Å². The highest BCUT2D eigenvalue weighted by molar-refractivity contribution is 5.84. The largest absolute Gasteiger partial charge is 0.383 e. The normalized spacial score (nSPS) is 10.3. The van der Waals surface area contributed by atoms with Gasteiger partial charge in [0.25, 0.3) is 0 Å². The molecule has 3 N–H and O–H groups in total. The molecule has 0 unspecified atom stereocenters. The van der Waals surface area contributed by atoms with Gasteiger partial charge in [-0.1, -0.05) is 12.8 Å². The third-order valence-corrected chi connectivity index (χ3v) is 2.78. The summed E-state index contributed by atoms with van der Waals surface area (Å²) in [6.07, 6.45) is 4.43. The number of amides is 2. The molecule has 0 aliphatic carbocycles. The van der Waals surface area contributed by atoms with Gasteiger partial charge in [-0.3, -0.25) is 9.59 Å². The van der Waals surface area contributed by atoms with Gasteiger partial charge in [-0.25, -0.2) is 0 Å². The standard InChI is InChI=1S/C13H27N3O3/c1-16(11-12(17)15-9-10-19-2)13(18)7-5-3-4-6-8-14/h3-11,14H2,1-2H3,(H,15,17). The molecule has 0 radical (unpaired) electrons. The third kappa shape index (κ3) is 10.5. The number of rotatable bonds is 11. The number of carbonyl (C=O) groups excluding carboxylic acids is 2. The minimum Gasteiger partial charge on any atom is -0.383 e. The van der Waals surface area contributed by atoms with Crippen LogP contribution in [0.25, 0.3) is 0 Å². The fourth-order valence-electron chi connectivity index (χ4n) is 1.62. The van der Waals surface area contributed by atoms with E-state index < -0.39 is 0 Å². The van der Waals surface area contributed by atoms with Crippen molar-refractivity contribution >= 4 is 11.8 Å². The molecule has 0 fully saturated rings. The summed E-state index contributed by atoms with van der Waals surface area (Å²) in [5.74, 6) is -0.148. The average molecular weight is 273 g/mol. The Morgan fingerprint density at radius 2 is 1.89 bits per heavy atom. The Hall–Kier alpha value is -1.14. The van der Waals surface area contributed by atoms with Crippen molar-refractivity contribution in [2.75, 3.05) is 40.4 Å². The second-order valence-electron chi connectivity index (χ2n) is 4.55. The highest BCUT2D eigenvalue weighted by Crippen LogP contribution is 2.04. The molecule has 112 valence electrons. The van der Waals surface area contributed by atoms with Crippen LogP contribution in [0.1, 0.15) is 32.1 Å². The molecule has 0 aromatic heterocycles. The zero-order chi connectivity index (χ0) is 14.5. The van der Waals surface area contributed by atoms with Gasteiger partial charge >= 0.3 is 0 Å². The SMILES string of the molecule is COCCNC(=O)CN(C)C(=O)CCCCCCN. The van der Waals surface area contributed by atoms with Crippen molar-refractivity contribution in [2.45, 2.75) is 32.1 Å². The third-order valence-electron chi connectivity index (χ3n) is 2.78. The first-order chi connectivity index (χ1) is 9.11. The molecule has 0 aromatic rings. The van der Waals surface area contributed by atoms with Crippen LogP contribution >= 0.6 is 0 Å². The van der Waals surface area contributed by atoms with Crippen molar-refractivity contribution in [3.63, 3.8) is 0 Å². The number of ether oxygens (including phenoxy) is 1. The van der Waals surface area contributed by atoms with Crippen molar-refractivity contribution in [3.8, 4) is 0 Å². The lowest BCUT2D eigenvalue weighted by molar-refractivity contribution is -0.134. The first-order valence-corrected chi connectivity index (χ1v) is 6.81. The number of carbonyl (C=O) groups is 2. The van der Waals surface area contributed by atoms with Gasteiger partial charge in [0.15, 0.2) is 0 Å². The molecule has 6 nitrogen and oxygen atoms in total. The van der Waals surface area contributed by atoms with Crippen LogP contribution in [0.15, 0.2) is 0 Å². The Morgan fingerprint density at radius 3 is 2.53 bits per heavy atom. The van der Waals surface area contributed by atoms with Gasteiger partial charge in [0.05, 0.1) is 13.2 Å². The fourth-order valence-corrected chi connectivity index (χ4v) is 1.62. The van der Waals surface area contributed by atoms with Gasteiger partial charge in [0, 0.05) is 27.1 Å². The Kier molecular flexibility index (Phi) is 11.2. The summed E-state index contributed by atoms with van der Waals surface area (Å²) in [5.41, 5.74) is 5.40. The van der Waals surface area contributed by atoms with E-state index in [9.17, 15) is 9.59 Å². The molecule has 0 bridgehead atoms. The summed E-state index contributed by atoms with van der Waals surface area (Å²) >= 11 is 0. The summed E-state index contributed by atoms with van der Waals surface area (Å²) in [7, 11) is 3.23. The van der Waals surface area contributed by atoms with Crippen molar-refractivity contribution in [3.05, 3.63) is 0 Å². The van der Waals surface area contributed by atoms with Gasteiger partial charge < -0.3 is 20.7 Å². The zero-order valence-corrected chi connectivity index (χ0v) is 12.1. The molecule has 0 saturated heterocycles. The molecule has 0 aliphatic heterocycles.